The van der Waals surface area contributed by atoms with E-state index in [9.17, 15) is 0 Å². The lowest BCUT2D eigenvalue weighted by molar-refractivity contribution is 0.447. The molecule has 0 aromatic heterocycles. The Kier molecular flexibility index (Phi) is 6.78. The summed E-state index contributed by atoms with van der Waals surface area (Å²) in [6.07, 6.45) is 11.7. The highest BCUT2D eigenvalue weighted by molar-refractivity contribution is 5.70. The molecule has 1 aromatic rings. The van der Waals surface area contributed by atoms with Crippen molar-refractivity contribution in [1.29, 1.82) is 0 Å². The van der Waals surface area contributed by atoms with Gasteiger partial charge in [0.2, 0.25) is 0 Å². The van der Waals surface area contributed by atoms with Gasteiger partial charge in [-0.15, -0.1) is 0 Å². The minimum absolute atomic E-state index is 0.938. The van der Waals surface area contributed by atoms with Crippen LogP contribution in [0.2, 0.25) is 0 Å². The Labute approximate surface area is 153 Å². The molecule has 2 rings (SSSR count). The average molecular weight is 334 g/mol. The van der Waals surface area contributed by atoms with E-state index in [0.29, 0.717) is 0 Å². The van der Waals surface area contributed by atoms with E-state index >= 15 is 0 Å². The maximum Gasteiger partial charge on any atom is 0.0230 e. The van der Waals surface area contributed by atoms with E-state index < -0.39 is 0 Å². The van der Waals surface area contributed by atoms with Crippen LogP contribution in [0.1, 0.15) is 43.4 Å². The van der Waals surface area contributed by atoms with Gasteiger partial charge in [-0.3, -0.25) is 0 Å². The fourth-order valence-electron chi connectivity index (χ4n) is 3.17. The van der Waals surface area contributed by atoms with Gasteiger partial charge in [-0.05, 0) is 86.7 Å². The Morgan fingerprint density at radius 1 is 1.20 bits per heavy atom. The van der Waals surface area contributed by atoms with Crippen molar-refractivity contribution in [1.82, 2.24) is 4.90 Å². The molecule has 0 atom stereocenters. The van der Waals surface area contributed by atoms with Gasteiger partial charge in [-0.25, -0.2) is 0 Å². The van der Waals surface area contributed by atoms with Crippen molar-refractivity contribution in [3.05, 3.63) is 83.0 Å². The second kappa shape index (κ2) is 8.82. The first-order valence-corrected chi connectivity index (χ1v) is 9.05. The van der Waals surface area contributed by atoms with E-state index in [1.165, 1.54) is 39.0 Å². The van der Waals surface area contributed by atoms with Crippen LogP contribution in [0, 0.1) is 0 Å². The summed E-state index contributed by atoms with van der Waals surface area (Å²) in [7, 11) is 4.20. The van der Waals surface area contributed by atoms with Crippen LogP contribution in [-0.4, -0.2) is 25.5 Å². The predicted octanol–water partition coefficient (Wildman–Crippen LogP) is 6.06. The van der Waals surface area contributed by atoms with Crippen molar-refractivity contribution in [2.24, 2.45) is 0 Å². The van der Waals surface area contributed by atoms with Gasteiger partial charge >= 0.3 is 0 Å². The lowest BCUT2D eigenvalue weighted by Crippen LogP contribution is -2.15. The van der Waals surface area contributed by atoms with Gasteiger partial charge < -0.3 is 4.90 Å². The molecule has 0 amide bonds. The number of hydrogen-bond acceptors (Lipinski definition) is 1. The number of rotatable bonds is 8. The molecule has 1 aliphatic carbocycles. The van der Waals surface area contributed by atoms with Crippen LogP contribution in [0.3, 0.4) is 0 Å². The zero-order chi connectivity index (χ0) is 18.4. The molecule has 25 heavy (non-hydrogen) atoms. The van der Waals surface area contributed by atoms with E-state index in [4.69, 9.17) is 0 Å². The minimum Gasteiger partial charge on any atom is -0.305 e. The molecule has 0 fully saturated rings. The van der Waals surface area contributed by atoms with Crippen LogP contribution in [0.5, 0.6) is 0 Å². The van der Waals surface area contributed by atoms with E-state index in [1.807, 2.05) is 0 Å². The number of benzene rings is 1. The summed E-state index contributed by atoms with van der Waals surface area (Å²) in [6.45, 7) is 13.8. The largest absolute Gasteiger partial charge is 0.305 e. The Morgan fingerprint density at radius 2 is 1.96 bits per heavy atom. The molecule has 1 aliphatic rings. The normalized spacial score (nSPS) is 14.1. The third-order valence-electron chi connectivity index (χ3n) is 4.78. The van der Waals surface area contributed by atoms with Crippen molar-refractivity contribution in [3.8, 4) is 0 Å². The summed E-state index contributed by atoms with van der Waals surface area (Å²) in [5.41, 5.74) is 9.05. The number of fused-ring (bicyclic) bond motifs is 1. The Morgan fingerprint density at radius 3 is 2.64 bits per heavy atom. The SMILES string of the molecule is C=C(CCC(=C)c1ccc2c(c1)C=CC2)/C(C)=C(/C=C\C)CN(C)C. The number of nitrogens with zero attached hydrogens (tertiary/aromatic N) is 1. The minimum atomic E-state index is 0.938. The summed E-state index contributed by atoms with van der Waals surface area (Å²) in [5.74, 6) is 0. The Bertz CT molecular complexity index is 741. The highest BCUT2D eigenvalue weighted by Gasteiger charge is 2.09. The summed E-state index contributed by atoms with van der Waals surface area (Å²) in [6, 6.07) is 6.71. The number of likely N-dealkylation sites (N-methyl/N-ethyl adjacent to an activating group) is 1. The van der Waals surface area contributed by atoms with Crippen LogP contribution in [0.4, 0.5) is 0 Å². The lowest BCUT2D eigenvalue weighted by atomic mass is 9.93. The molecule has 1 nitrogen and oxygen atoms in total. The third kappa shape index (κ3) is 5.17. The zero-order valence-electron chi connectivity index (χ0n) is 16.2. The third-order valence-corrected chi connectivity index (χ3v) is 4.78. The molecule has 132 valence electrons. The van der Waals surface area contributed by atoms with Crippen LogP contribution in [0.25, 0.3) is 11.6 Å². The van der Waals surface area contributed by atoms with Crippen molar-refractivity contribution in [3.63, 3.8) is 0 Å². The summed E-state index contributed by atoms with van der Waals surface area (Å²) in [5, 5.41) is 0. The molecule has 1 heteroatoms. The van der Waals surface area contributed by atoms with Crippen LogP contribution < -0.4 is 0 Å². The Hall–Kier alpha value is -2.12. The highest BCUT2D eigenvalue weighted by atomic mass is 15.0. The summed E-state index contributed by atoms with van der Waals surface area (Å²) in [4.78, 5) is 2.20. The number of hydrogen-bond donors (Lipinski definition) is 0. The van der Waals surface area contributed by atoms with Crippen molar-refractivity contribution in [2.45, 2.75) is 33.1 Å². The van der Waals surface area contributed by atoms with Gasteiger partial charge in [-0.2, -0.15) is 0 Å². The van der Waals surface area contributed by atoms with Gasteiger partial charge in [0.15, 0.2) is 0 Å². The van der Waals surface area contributed by atoms with E-state index in [1.54, 1.807) is 0 Å². The molecule has 0 saturated carbocycles. The molecule has 1 aromatic carbocycles. The highest BCUT2D eigenvalue weighted by Crippen LogP contribution is 2.28. The molecule has 0 bridgehead atoms. The van der Waals surface area contributed by atoms with E-state index in [0.717, 1.165) is 25.8 Å². The fourth-order valence-corrected chi connectivity index (χ4v) is 3.17. The first kappa shape index (κ1) is 19.2. The van der Waals surface area contributed by atoms with E-state index in [-0.39, 0.29) is 0 Å². The molecule has 0 spiro atoms. The fraction of sp³-hybridized carbons (Fsp3) is 0.333. The quantitative estimate of drug-likeness (QED) is 0.523. The van der Waals surface area contributed by atoms with Gasteiger partial charge in [0, 0.05) is 6.54 Å². The first-order chi connectivity index (χ1) is 11.9. The zero-order valence-corrected chi connectivity index (χ0v) is 16.2. The summed E-state index contributed by atoms with van der Waals surface area (Å²) < 4.78 is 0. The van der Waals surface area contributed by atoms with E-state index in [2.05, 4.69) is 88.5 Å². The monoisotopic (exact) mass is 333 g/mol. The second-order valence-corrected chi connectivity index (χ2v) is 7.12. The molecular formula is C24H31N. The van der Waals surface area contributed by atoms with Crippen molar-refractivity contribution in [2.75, 3.05) is 20.6 Å². The Balaban J connectivity index is 2.02. The number of allylic oxidation sites excluding steroid dienone is 5. The molecule has 0 heterocycles. The topological polar surface area (TPSA) is 3.24 Å². The molecule has 0 unspecified atom stereocenters. The second-order valence-electron chi connectivity index (χ2n) is 7.12. The van der Waals surface area contributed by atoms with Gasteiger partial charge in [0.05, 0.1) is 0 Å². The van der Waals surface area contributed by atoms with Gasteiger partial charge in [0.1, 0.15) is 0 Å². The summed E-state index contributed by atoms with van der Waals surface area (Å²) >= 11 is 0. The molecule has 0 aliphatic heterocycles. The standard InChI is InChI=1S/C24H31N/c1-7-9-24(17-25(5)6)20(4)18(2)12-13-19(3)22-15-14-21-10-8-11-23(21)16-22/h7-9,11,14-16H,2-3,10,12-13,17H2,1,4-6H3/b9-7-,24-20-. The first-order valence-electron chi connectivity index (χ1n) is 9.05. The average Bonchev–Trinajstić information content (AvgIpc) is 3.05. The van der Waals surface area contributed by atoms with Gasteiger partial charge in [0.25, 0.3) is 0 Å². The maximum absolute atomic E-state index is 4.33. The maximum atomic E-state index is 4.33. The van der Waals surface area contributed by atoms with Crippen molar-refractivity contribution >= 4 is 11.6 Å². The molecule has 0 saturated heterocycles. The van der Waals surface area contributed by atoms with Gasteiger partial charge in [-0.1, -0.05) is 55.2 Å². The smallest absolute Gasteiger partial charge is 0.0230 e. The molecular weight excluding hydrogens is 302 g/mol. The predicted molar refractivity (Wildman–Crippen MR) is 113 cm³/mol. The van der Waals surface area contributed by atoms with Crippen LogP contribution in [-0.2, 0) is 6.42 Å². The van der Waals surface area contributed by atoms with Crippen LogP contribution >= 0.6 is 0 Å². The lowest BCUT2D eigenvalue weighted by Gasteiger charge is -2.16. The van der Waals surface area contributed by atoms with Crippen molar-refractivity contribution < 1.29 is 0 Å². The molecule has 0 N–H and O–H groups in total. The van der Waals surface area contributed by atoms with Crippen LogP contribution in [0.15, 0.2) is 66.3 Å². The molecule has 0 radical (unpaired) electrons.